The predicted molar refractivity (Wildman–Crippen MR) is 74.8 cm³/mol. The van der Waals surface area contributed by atoms with Gasteiger partial charge in [-0.1, -0.05) is 50.4 Å². The van der Waals surface area contributed by atoms with Gasteiger partial charge in [-0.05, 0) is 39.9 Å². The van der Waals surface area contributed by atoms with Gasteiger partial charge < -0.3 is 5.73 Å². The monoisotopic (exact) mass is 303 g/mol. The van der Waals surface area contributed by atoms with E-state index in [9.17, 15) is 0 Å². The highest BCUT2D eigenvalue weighted by Crippen LogP contribution is 2.31. The van der Waals surface area contributed by atoms with Crippen molar-refractivity contribution in [3.05, 3.63) is 33.3 Å². The van der Waals surface area contributed by atoms with Gasteiger partial charge in [-0.15, -0.1) is 0 Å². The number of hydrogen-bond acceptors (Lipinski definition) is 1. The Balaban J connectivity index is 2.59. The van der Waals surface area contributed by atoms with Gasteiger partial charge >= 0.3 is 0 Å². The Morgan fingerprint density at radius 1 is 1.31 bits per heavy atom. The second-order valence-electron chi connectivity index (χ2n) is 4.57. The fraction of sp³-hybridized carbons (Fsp3) is 0.538. The molecule has 0 fully saturated rings. The van der Waals surface area contributed by atoms with E-state index in [1.807, 2.05) is 18.2 Å². The van der Waals surface area contributed by atoms with Crippen molar-refractivity contribution < 1.29 is 0 Å². The number of nitrogens with two attached hydrogens (primary N) is 1. The summed E-state index contributed by atoms with van der Waals surface area (Å²) < 4.78 is 0.922. The summed E-state index contributed by atoms with van der Waals surface area (Å²) in [6.45, 7) is 4.47. The molecule has 0 amide bonds. The van der Waals surface area contributed by atoms with Crippen molar-refractivity contribution in [1.29, 1.82) is 0 Å². The first-order valence-corrected chi connectivity index (χ1v) is 6.89. The van der Waals surface area contributed by atoms with E-state index >= 15 is 0 Å². The lowest BCUT2D eigenvalue weighted by atomic mass is 9.99. The van der Waals surface area contributed by atoms with Gasteiger partial charge in [0.2, 0.25) is 0 Å². The Morgan fingerprint density at radius 3 is 2.62 bits per heavy atom. The van der Waals surface area contributed by atoms with E-state index in [1.54, 1.807) is 0 Å². The third-order valence-corrected chi connectivity index (χ3v) is 3.99. The van der Waals surface area contributed by atoms with E-state index in [4.69, 9.17) is 17.3 Å². The van der Waals surface area contributed by atoms with Crippen molar-refractivity contribution in [3.63, 3.8) is 0 Å². The molecule has 1 aromatic carbocycles. The van der Waals surface area contributed by atoms with Crippen molar-refractivity contribution >= 4 is 27.5 Å². The molecule has 0 bridgehead atoms. The summed E-state index contributed by atoms with van der Waals surface area (Å²) in [4.78, 5) is 0. The summed E-state index contributed by atoms with van der Waals surface area (Å²) in [7, 11) is 0. The van der Waals surface area contributed by atoms with Gasteiger partial charge in [0.15, 0.2) is 0 Å². The summed E-state index contributed by atoms with van der Waals surface area (Å²) >= 11 is 9.62. The summed E-state index contributed by atoms with van der Waals surface area (Å²) in [6.07, 6.45) is 3.37. The number of benzene rings is 1. The first kappa shape index (κ1) is 14.0. The first-order chi connectivity index (χ1) is 7.52. The smallest absolute Gasteiger partial charge is 0.0595 e. The molecular formula is C13H19BrClN. The zero-order valence-electron chi connectivity index (χ0n) is 9.84. The molecule has 1 nitrogen and oxygen atoms in total. The van der Waals surface area contributed by atoms with Crippen LogP contribution in [0.2, 0.25) is 5.02 Å². The summed E-state index contributed by atoms with van der Waals surface area (Å²) in [6, 6.07) is 5.97. The largest absolute Gasteiger partial charge is 0.324 e. The minimum absolute atomic E-state index is 0.0451. The molecule has 1 aromatic rings. The Hall–Kier alpha value is -0.0500. The molecule has 0 spiro atoms. The van der Waals surface area contributed by atoms with Gasteiger partial charge in [0.25, 0.3) is 0 Å². The van der Waals surface area contributed by atoms with Crippen LogP contribution in [0, 0.1) is 5.92 Å². The maximum Gasteiger partial charge on any atom is 0.0595 e. The van der Waals surface area contributed by atoms with Crippen LogP contribution >= 0.6 is 27.5 Å². The van der Waals surface area contributed by atoms with E-state index in [0.717, 1.165) is 33.8 Å². The standard InChI is InChI=1S/C13H19BrClN/c1-9(2)5-3-8-12(16)10-6-4-7-11(14)13(10)15/h4,6-7,9,12H,3,5,8,16H2,1-2H3. The van der Waals surface area contributed by atoms with Gasteiger partial charge in [0.05, 0.1) is 5.02 Å². The average Bonchev–Trinajstić information content (AvgIpc) is 2.21. The lowest BCUT2D eigenvalue weighted by Gasteiger charge is -2.15. The van der Waals surface area contributed by atoms with Gasteiger partial charge in [-0.25, -0.2) is 0 Å². The molecule has 0 aliphatic carbocycles. The molecule has 90 valence electrons. The summed E-state index contributed by atoms with van der Waals surface area (Å²) in [5, 5.41) is 0.750. The molecule has 16 heavy (non-hydrogen) atoms. The van der Waals surface area contributed by atoms with E-state index in [1.165, 1.54) is 6.42 Å². The first-order valence-electron chi connectivity index (χ1n) is 5.72. The fourth-order valence-corrected chi connectivity index (χ4v) is 2.36. The average molecular weight is 305 g/mol. The summed E-state index contributed by atoms with van der Waals surface area (Å²) in [5.41, 5.74) is 7.19. The molecule has 0 radical (unpaired) electrons. The van der Waals surface area contributed by atoms with E-state index in [2.05, 4.69) is 29.8 Å². The Labute approximate surface area is 111 Å². The topological polar surface area (TPSA) is 26.0 Å². The molecular weight excluding hydrogens is 286 g/mol. The molecule has 0 saturated carbocycles. The lowest BCUT2D eigenvalue weighted by Crippen LogP contribution is -2.11. The second kappa shape index (κ2) is 6.63. The van der Waals surface area contributed by atoms with Crippen molar-refractivity contribution in [2.24, 2.45) is 11.7 Å². The van der Waals surface area contributed by atoms with Crippen LogP contribution in [-0.4, -0.2) is 0 Å². The normalized spacial score (nSPS) is 13.1. The molecule has 1 atom stereocenters. The van der Waals surface area contributed by atoms with Crippen LogP contribution in [0.5, 0.6) is 0 Å². The molecule has 0 saturated heterocycles. The third-order valence-electron chi connectivity index (χ3n) is 2.68. The van der Waals surface area contributed by atoms with Gasteiger partial charge in [-0.3, -0.25) is 0 Å². The molecule has 1 unspecified atom stereocenters. The maximum absolute atomic E-state index is 6.20. The Bertz CT molecular complexity index is 339. The van der Waals surface area contributed by atoms with Crippen LogP contribution in [0.4, 0.5) is 0 Å². The quantitative estimate of drug-likeness (QED) is 0.820. The number of rotatable bonds is 5. The molecule has 3 heteroatoms. The minimum Gasteiger partial charge on any atom is -0.324 e. The highest BCUT2D eigenvalue weighted by Gasteiger charge is 2.11. The molecule has 0 aromatic heterocycles. The van der Waals surface area contributed by atoms with Gasteiger partial charge in [0, 0.05) is 10.5 Å². The molecule has 0 heterocycles. The van der Waals surface area contributed by atoms with Crippen LogP contribution in [0.15, 0.2) is 22.7 Å². The van der Waals surface area contributed by atoms with Crippen LogP contribution in [-0.2, 0) is 0 Å². The Morgan fingerprint density at radius 2 is 2.00 bits per heavy atom. The minimum atomic E-state index is 0.0451. The van der Waals surface area contributed by atoms with Gasteiger partial charge in [0.1, 0.15) is 0 Å². The third kappa shape index (κ3) is 4.08. The summed E-state index contributed by atoms with van der Waals surface area (Å²) in [5.74, 6) is 0.741. The van der Waals surface area contributed by atoms with E-state index in [0.29, 0.717) is 0 Å². The van der Waals surface area contributed by atoms with Crippen LogP contribution < -0.4 is 5.73 Å². The number of halogens is 2. The van der Waals surface area contributed by atoms with E-state index in [-0.39, 0.29) is 6.04 Å². The van der Waals surface area contributed by atoms with E-state index < -0.39 is 0 Å². The zero-order chi connectivity index (χ0) is 12.1. The van der Waals surface area contributed by atoms with Crippen molar-refractivity contribution in [2.45, 2.75) is 39.2 Å². The Kier molecular flexibility index (Phi) is 5.81. The van der Waals surface area contributed by atoms with Crippen LogP contribution in [0.3, 0.4) is 0 Å². The second-order valence-corrected chi connectivity index (χ2v) is 5.81. The highest BCUT2D eigenvalue weighted by molar-refractivity contribution is 9.10. The van der Waals surface area contributed by atoms with Crippen LogP contribution in [0.1, 0.15) is 44.7 Å². The van der Waals surface area contributed by atoms with Crippen molar-refractivity contribution in [1.82, 2.24) is 0 Å². The lowest BCUT2D eigenvalue weighted by molar-refractivity contribution is 0.505. The predicted octanol–water partition coefficient (Wildman–Crippen LogP) is 4.93. The number of hydrogen-bond donors (Lipinski definition) is 1. The molecule has 0 aliphatic rings. The van der Waals surface area contributed by atoms with Crippen LogP contribution in [0.25, 0.3) is 0 Å². The highest BCUT2D eigenvalue weighted by atomic mass is 79.9. The van der Waals surface area contributed by atoms with Crippen molar-refractivity contribution in [3.8, 4) is 0 Å². The van der Waals surface area contributed by atoms with Crippen molar-refractivity contribution in [2.75, 3.05) is 0 Å². The molecule has 0 aliphatic heterocycles. The SMILES string of the molecule is CC(C)CCCC(N)c1cccc(Br)c1Cl. The zero-order valence-corrected chi connectivity index (χ0v) is 12.2. The molecule has 2 N–H and O–H groups in total. The van der Waals surface area contributed by atoms with Gasteiger partial charge in [-0.2, -0.15) is 0 Å². The fourth-order valence-electron chi connectivity index (χ4n) is 1.71. The molecule has 1 rings (SSSR count). The maximum atomic E-state index is 6.20.